The molecule has 0 aliphatic carbocycles. The number of amides is 1. The van der Waals surface area contributed by atoms with Crippen LogP contribution in [0.5, 0.6) is 0 Å². The van der Waals surface area contributed by atoms with E-state index in [4.69, 9.17) is 5.73 Å². The molecular formula is C15H24N2O2. The molecule has 1 atom stereocenters. The third-order valence-corrected chi connectivity index (χ3v) is 2.96. The van der Waals surface area contributed by atoms with E-state index in [2.05, 4.69) is 5.32 Å². The van der Waals surface area contributed by atoms with E-state index in [1.54, 1.807) is 27.7 Å². The number of hydrogen-bond donors (Lipinski definition) is 3. The molecule has 106 valence electrons. The minimum Gasteiger partial charge on any atom is -0.390 e. The van der Waals surface area contributed by atoms with Crippen molar-refractivity contribution < 1.29 is 9.90 Å². The standard InChI is InChI=1S/C15H24N2O2/c1-14(2,19)10-12(15(3,4)16)13(18)17-11-8-6-5-7-9-11/h5-9,12,19H,10,16H2,1-4H3,(H,17,18)/t12-/m1/s1. The van der Waals surface area contributed by atoms with Crippen LogP contribution >= 0.6 is 0 Å². The molecule has 0 spiro atoms. The fraction of sp³-hybridized carbons (Fsp3) is 0.533. The van der Waals surface area contributed by atoms with E-state index >= 15 is 0 Å². The van der Waals surface area contributed by atoms with E-state index in [-0.39, 0.29) is 5.91 Å². The Kier molecular flexibility index (Phi) is 4.71. The van der Waals surface area contributed by atoms with Crippen LogP contribution in [0.2, 0.25) is 0 Å². The highest BCUT2D eigenvalue weighted by atomic mass is 16.3. The molecule has 0 bridgehead atoms. The summed E-state index contributed by atoms with van der Waals surface area (Å²) in [5, 5.41) is 12.8. The molecule has 0 saturated carbocycles. The van der Waals surface area contributed by atoms with E-state index in [0.29, 0.717) is 6.42 Å². The third-order valence-electron chi connectivity index (χ3n) is 2.96. The summed E-state index contributed by atoms with van der Waals surface area (Å²) in [5.41, 5.74) is 5.17. The molecule has 0 radical (unpaired) electrons. The SMILES string of the molecule is CC(C)(O)C[C@H](C(=O)Nc1ccccc1)C(C)(C)N. The van der Waals surface area contributed by atoms with Gasteiger partial charge >= 0.3 is 0 Å². The van der Waals surface area contributed by atoms with Crippen molar-refractivity contribution in [3.8, 4) is 0 Å². The van der Waals surface area contributed by atoms with Crippen molar-refractivity contribution in [1.29, 1.82) is 0 Å². The largest absolute Gasteiger partial charge is 0.390 e. The van der Waals surface area contributed by atoms with Crippen LogP contribution in [0.3, 0.4) is 0 Å². The quantitative estimate of drug-likeness (QED) is 0.762. The first kappa shape index (κ1) is 15.7. The van der Waals surface area contributed by atoms with Gasteiger partial charge in [0.05, 0.1) is 11.5 Å². The molecule has 4 heteroatoms. The van der Waals surface area contributed by atoms with Crippen LogP contribution in [0.25, 0.3) is 0 Å². The van der Waals surface area contributed by atoms with E-state index in [0.717, 1.165) is 5.69 Å². The number of benzene rings is 1. The average molecular weight is 264 g/mol. The monoisotopic (exact) mass is 264 g/mol. The van der Waals surface area contributed by atoms with E-state index in [9.17, 15) is 9.90 Å². The lowest BCUT2D eigenvalue weighted by Gasteiger charge is -2.33. The summed E-state index contributed by atoms with van der Waals surface area (Å²) in [4.78, 5) is 12.3. The molecule has 4 nitrogen and oxygen atoms in total. The minimum atomic E-state index is -0.935. The van der Waals surface area contributed by atoms with Gasteiger partial charge in [0.1, 0.15) is 0 Å². The molecule has 0 saturated heterocycles. The first-order valence-corrected chi connectivity index (χ1v) is 6.47. The van der Waals surface area contributed by atoms with Crippen LogP contribution in [-0.4, -0.2) is 22.2 Å². The maximum absolute atomic E-state index is 12.3. The molecule has 0 unspecified atom stereocenters. The number of anilines is 1. The fourth-order valence-corrected chi connectivity index (χ4v) is 1.94. The van der Waals surface area contributed by atoms with Gasteiger partial charge < -0.3 is 16.2 Å². The zero-order valence-corrected chi connectivity index (χ0v) is 12.1. The highest BCUT2D eigenvalue weighted by Crippen LogP contribution is 2.26. The van der Waals surface area contributed by atoms with Gasteiger partial charge in [-0.3, -0.25) is 4.79 Å². The lowest BCUT2D eigenvalue weighted by atomic mass is 9.80. The number of carbonyl (C=O) groups is 1. The Morgan fingerprint density at radius 2 is 1.79 bits per heavy atom. The molecule has 1 amide bonds. The average Bonchev–Trinajstić information content (AvgIpc) is 2.24. The van der Waals surface area contributed by atoms with Crippen molar-refractivity contribution in [2.45, 2.75) is 45.3 Å². The van der Waals surface area contributed by atoms with Crippen LogP contribution in [-0.2, 0) is 4.79 Å². The Bertz CT molecular complexity index is 416. The molecular weight excluding hydrogens is 240 g/mol. The fourth-order valence-electron chi connectivity index (χ4n) is 1.94. The lowest BCUT2D eigenvalue weighted by molar-refractivity contribution is -0.123. The van der Waals surface area contributed by atoms with Crippen molar-refractivity contribution in [3.05, 3.63) is 30.3 Å². The summed E-state index contributed by atoms with van der Waals surface area (Å²) >= 11 is 0. The molecule has 0 aromatic heterocycles. The number of hydrogen-bond acceptors (Lipinski definition) is 3. The molecule has 0 fully saturated rings. The molecule has 4 N–H and O–H groups in total. The summed E-state index contributed by atoms with van der Waals surface area (Å²) in [6.07, 6.45) is 0.315. The molecule has 1 aromatic carbocycles. The smallest absolute Gasteiger partial charge is 0.229 e. The predicted octanol–water partition coefficient (Wildman–Crippen LogP) is 2.14. The number of carbonyl (C=O) groups excluding carboxylic acids is 1. The highest BCUT2D eigenvalue weighted by Gasteiger charge is 2.35. The van der Waals surface area contributed by atoms with Crippen LogP contribution in [0.4, 0.5) is 5.69 Å². The van der Waals surface area contributed by atoms with E-state index in [1.165, 1.54) is 0 Å². The van der Waals surface area contributed by atoms with Crippen LogP contribution < -0.4 is 11.1 Å². The first-order valence-electron chi connectivity index (χ1n) is 6.47. The predicted molar refractivity (Wildman–Crippen MR) is 77.7 cm³/mol. The van der Waals surface area contributed by atoms with Crippen molar-refractivity contribution in [1.82, 2.24) is 0 Å². The van der Waals surface area contributed by atoms with Gasteiger partial charge in [-0.1, -0.05) is 18.2 Å². The highest BCUT2D eigenvalue weighted by molar-refractivity contribution is 5.93. The number of aliphatic hydroxyl groups is 1. The van der Waals surface area contributed by atoms with Gasteiger partial charge in [-0.2, -0.15) is 0 Å². The second-order valence-corrected chi connectivity index (χ2v) is 6.25. The van der Waals surface area contributed by atoms with Gasteiger partial charge in [-0.25, -0.2) is 0 Å². The van der Waals surface area contributed by atoms with Crippen LogP contribution in [0, 0.1) is 5.92 Å². The number of rotatable bonds is 5. The van der Waals surface area contributed by atoms with Crippen molar-refractivity contribution in [3.63, 3.8) is 0 Å². The normalized spacial score (nSPS) is 14.0. The Labute approximate surface area is 115 Å². The van der Waals surface area contributed by atoms with Gasteiger partial charge in [-0.15, -0.1) is 0 Å². The van der Waals surface area contributed by atoms with Crippen molar-refractivity contribution in [2.75, 3.05) is 5.32 Å². The second-order valence-electron chi connectivity index (χ2n) is 6.25. The van der Waals surface area contributed by atoms with Gasteiger partial charge in [0, 0.05) is 11.2 Å². The Morgan fingerprint density at radius 3 is 2.21 bits per heavy atom. The van der Waals surface area contributed by atoms with Crippen LogP contribution in [0.1, 0.15) is 34.1 Å². The van der Waals surface area contributed by atoms with Crippen LogP contribution in [0.15, 0.2) is 30.3 Å². The minimum absolute atomic E-state index is 0.166. The second kappa shape index (κ2) is 5.72. The summed E-state index contributed by atoms with van der Waals surface area (Å²) in [6.45, 7) is 6.96. The maximum atomic E-state index is 12.3. The third kappa shape index (κ3) is 5.41. The zero-order chi connectivity index (χ0) is 14.7. The van der Waals surface area contributed by atoms with E-state index in [1.807, 2.05) is 30.3 Å². The van der Waals surface area contributed by atoms with Crippen molar-refractivity contribution >= 4 is 11.6 Å². The van der Waals surface area contributed by atoms with Crippen molar-refractivity contribution in [2.24, 2.45) is 11.7 Å². The van der Waals surface area contributed by atoms with Gasteiger partial charge in [0.2, 0.25) is 5.91 Å². The molecule has 0 heterocycles. The Balaban J connectivity index is 2.84. The molecule has 1 rings (SSSR count). The van der Waals surface area contributed by atoms with Gasteiger partial charge in [0.25, 0.3) is 0 Å². The molecule has 1 aromatic rings. The van der Waals surface area contributed by atoms with Gasteiger partial charge in [-0.05, 0) is 46.2 Å². The van der Waals surface area contributed by atoms with Gasteiger partial charge in [0.15, 0.2) is 0 Å². The number of nitrogens with two attached hydrogens (primary N) is 1. The topological polar surface area (TPSA) is 75.3 Å². The Morgan fingerprint density at radius 1 is 1.26 bits per heavy atom. The zero-order valence-electron chi connectivity index (χ0n) is 12.1. The Hall–Kier alpha value is -1.39. The number of nitrogens with one attached hydrogen (secondary N) is 1. The molecule has 0 aliphatic rings. The molecule has 19 heavy (non-hydrogen) atoms. The number of para-hydroxylation sites is 1. The lowest BCUT2D eigenvalue weighted by Crippen LogP contribution is -2.49. The maximum Gasteiger partial charge on any atom is 0.229 e. The summed E-state index contributed by atoms with van der Waals surface area (Å²) in [6, 6.07) is 9.24. The summed E-state index contributed by atoms with van der Waals surface area (Å²) < 4.78 is 0. The molecule has 0 aliphatic heterocycles. The summed E-state index contributed by atoms with van der Waals surface area (Å²) in [7, 11) is 0. The first-order chi connectivity index (χ1) is 8.59. The summed E-state index contributed by atoms with van der Waals surface area (Å²) in [5.74, 6) is -0.631. The van der Waals surface area contributed by atoms with E-state index < -0.39 is 17.1 Å².